The first-order valence-electron chi connectivity index (χ1n) is 8.77. The van der Waals surface area contributed by atoms with Gasteiger partial charge in [-0.05, 0) is 18.7 Å². The predicted molar refractivity (Wildman–Crippen MR) is 97.0 cm³/mol. The molecule has 10 heteroatoms. The molecular weight excluding hydrogens is 360 g/mol. The van der Waals surface area contributed by atoms with Crippen LogP contribution in [0, 0.1) is 10.1 Å². The molecule has 2 aliphatic rings. The topological polar surface area (TPSA) is 96.2 Å². The molecule has 2 saturated heterocycles. The van der Waals surface area contributed by atoms with Crippen LogP contribution in [0.1, 0.15) is 6.92 Å². The predicted octanol–water partition coefficient (Wildman–Crippen LogP) is 0.758. The lowest BCUT2D eigenvalue weighted by Crippen LogP contribution is -2.46. The minimum absolute atomic E-state index is 0.0398. The molecule has 2 aliphatic heterocycles. The zero-order valence-corrected chi connectivity index (χ0v) is 15.7. The molecule has 0 aromatic heterocycles. The zero-order valence-electron chi connectivity index (χ0n) is 14.8. The number of nitro groups is 1. The van der Waals surface area contributed by atoms with Crippen molar-refractivity contribution in [3.63, 3.8) is 0 Å². The van der Waals surface area contributed by atoms with Gasteiger partial charge >= 0.3 is 0 Å². The van der Waals surface area contributed by atoms with E-state index in [1.165, 1.54) is 16.4 Å². The Kier molecular flexibility index (Phi) is 5.76. The highest BCUT2D eigenvalue weighted by Gasteiger charge is 2.30. The summed E-state index contributed by atoms with van der Waals surface area (Å²) in [6, 6.07) is 4.22. The molecule has 0 bridgehead atoms. The molecule has 2 fully saturated rings. The number of sulfonamides is 1. The van der Waals surface area contributed by atoms with Gasteiger partial charge in [0.2, 0.25) is 10.0 Å². The number of hydrogen-bond donors (Lipinski definition) is 0. The summed E-state index contributed by atoms with van der Waals surface area (Å²) in [7, 11) is -3.76. The van der Waals surface area contributed by atoms with Gasteiger partial charge in [0, 0.05) is 45.3 Å². The molecule has 0 atom stereocenters. The molecular formula is C16H24N4O5S. The molecule has 0 N–H and O–H groups in total. The van der Waals surface area contributed by atoms with Crippen molar-refractivity contribution in [1.82, 2.24) is 9.21 Å². The van der Waals surface area contributed by atoms with Gasteiger partial charge in [-0.2, -0.15) is 4.31 Å². The van der Waals surface area contributed by atoms with E-state index in [2.05, 4.69) is 11.8 Å². The molecule has 26 heavy (non-hydrogen) atoms. The van der Waals surface area contributed by atoms with E-state index in [1.807, 2.05) is 4.90 Å². The number of rotatable bonds is 5. The third kappa shape index (κ3) is 3.83. The summed E-state index contributed by atoms with van der Waals surface area (Å²) in [5, 5.41) is 11.6. The van der Waals surface area contributed by atoms with Crippen molar-refractivity contribution in [2.45, 2.75) is 11.8 Å². The van der Waals surface area contributed by atoms with Gasteiger partial charge < -0.3 is 14.5 Å². The average molecular weight is 384 g/mol. The Morgan fingerprint density at radius 3 is 2.35 bits per heavy atom. The van der Waals surface area contributed by atoms with Crippen molar-refractivity contribution in [3.8, 4) is 0 Å². The summed E-state index contributed by atoms with van der Waals surface area (Å²) in [4.78, 5) is 15.3. The Morgan fingerprint density at radius 1 is 1.12 bits per heavy atom. The molecule has 0 saturated carbocycles. The monoisotopic (exact) mass is 384 g/mol. The Balaban J connectivity index is 1.88. The number of morpholine rings is 1. The van der Waals surface area contributed by atoms with Crippen LogP contribution in [0.25, 0.3) is 0 Å². The van der Waals surface area contributed by atoms with Crippen molar-refractivity contribution in [2.24, 2.45) is 0 Å². The largest absolute Gasteiger partial charge is 0.379 e. The minimum atomic E-state index is -3.76. The molecule has 0 spiro atoms. The third-order valence-corrected chi connectivity index (χ3v) is 6.81. The van der Waals surface area contributed by atoms with Gasteiger partial charge in [-0.25, -0.2) is 8.42 Å². The second-order valence-electron chi connectivity index (χ2n) is 6.35. The minimum Gasteiger partial charge on any atom is -0.379 e. The maximum atomic E-state index is 12.8. The fourth-order valence-electron chi connectivity index (χ4n) is 3.32. The van der Waals surface area contributed by atoms with Crippen LogP contribution >= 0.6 is 0 Å². The molecule has 0 aliphatic carbocycles. The first-order valence-corrected chi connectivity index (χ1v) is 10.2. The van der Waals surface area contributed by atoms with E-state index >= 15 is 0 Å². The number of nitrogens with zero attached hydrogens (tertiary/aromatic N) is 4. The normalized spacial score (nSPS) is 20.3. The van der Waals surface area contributed by atoms with Crippen LogP contribution in [0.15, 0.2) is 23.1 Å². The summed E-state index contributed by atoms with van der Waals surface area (Å²) in [5.41, 5.74) is 0.316. The Morgan fingerprint density at radius 2 is 1.77 bits per heavy atom. The van der Waals surface area contributed by atoms with Crippen LogP contribution in [0.2, 0.25) is 0 Å². The first kappa shape index (κ1) is 19.0. The van der Waals surface area contributed by atoms with Crippen molar-refractivity contribution >= 4 is 21.4 Å². The molecule has 0 unspecified atom stereocenters. The molecule has 9 nitrogen and oxygen atoms in total. The summed E-state index contributed by atoms with van der Waals surface area (Å²) in [6.07, 6.45) is 0. The van der Waals surface area contributed by atoms with Crippen molar-refractivity contribution in [1.29, 1.82) is 0 Å². The highest BCUT2D eigenvalue weighted by molar-refractivity contribution is 7.89. The van der Waals surface area contributed by atoms with Gasteiger partial charge in [0.1, 0.15) is 5.69 Å². The van der Waals surface area contributed by atoms with Crippen LogP contribution in [-0.2, 0) is 14.8 Å². The lowest BCUT2D eigenvalue weighted by molar-refractivity contribution is -0.384. The quantitative estimate of drug-likeness (QED) is 0.546. The third-order valence-electron chi connectivity index (χ3n) is 4.91. The second-order valence-corrected chi connectivity index (χ2v) is 8.28. The van der Waals surface area contributed by atoms with Crippen molar-refractivity contribution in [2.75, 3.05) is 63.9 Å². The molecule has 0 amide bonds. The Bertz CT molecular complexity index is 756. The van der Waals surface area contributed by atoms with E-state index in [-0.39, 0.29) is 23.7 Å². The van der Waals surface area contributed by atoms with Crippen molar-refractivity contribution < 1.29 is 18.1 Å². The number of hydrogen-bond acceptors (Lipinski definition) is 7. The van der Waals surface area contributed by atoms with E-state index in [0.717, 1.165) is 19.6 Å². The van der Waals surface area contributed by atoms with Crippen molar-refractivity contribution in [3.05, 3.63) is 28.3 Å². The van der Waals surface area contributed by atoms with Gasteiger partial charge in [0.15, 0.2) is 0 Å². The molecule has 3 rings (SSSR count). The lowest BCUT2D eigenvalue weighted by Gasteiger charge is -2.35. The van der Waals surface area contributed by atoms with Crippen LogP contribution in [-0.4, -0.2) is 81.6 Å². The van der Waals surface area contributed by atoms with E-state index in [9.17, 15) is 18.5 Å². The number of anilines is 1. The molecule has 1 aromatic carbocycles. The molecule has 0 radical (unpaired) electrons. The Labute approximate surface area is 153 Å². The SMILES string of the molecule is CCN1CCN(c2ccc(S(=O)(=O)N3CCOCC3)cc2[N+](=O)[O-])CC1. The van der Waals surface area contributed by atoms with Crippen LogP contribution in [0.5, 0.6) is 0 Å². The van der Waals surface area contributed by atoms with Gasteiger partial charge in [-0.3, -0.25) is 10.1 Å². The van der Waals surface area contributed by atoms with Gasteiger partial charge in [-0.1, -0.05) is 6.92 Å². The number of nitro benzene ring substituents is 1. The van der Waals surface area contributed by atoms with Gasteiger partial charge in [0.25, 0.3) is 5.69 Å². The van der Waals surface area contributed by atoms with E-state index in [4.69, 9.17) is 4.74 Å². The number of likely N-dealkylation sites (N-methyl/N-ethyl adjacent to an activating group) is 1. The Hall–Kier alpha value is -1.75. The van der Waals surface area contributed by atoms with Gasteiger partial charge in [-0.15, -0.1) is 0 Å². The first-order chi connectivity index (χ1) is 12.4. The fourth-order valence-corrected chi connectivity index (χ4v) is 4.75. The molecule has 2 heterocycles. The van der Waals surface area contributed by atoms with Gasteiger partial charge in [0.05, 0.1) is 23.0 Å². The molecule has 144 valence electrons. The summed E-state index contributed by atoms with van der Waals surface area (Å²) < 4.78 is 32.0. The fraction of sp³-hybridized carbons (Fsp3) is 0.625. The lowest BCUT2D eigenvalue weighted by atomic mass is 10.2. The van der Waals surface area contributed by atoms with Crippen LogP contribution in [0.4, 0.5) is 11.4 Å². The number of ether oxygens (including phenoxy) is 1. The highest BCUT2D eigenvalue weighted by Crippen LogP contribution is 2.32. The maximum absolute atomic E-state index is 12.8. The van der Waals surface area contributed by atoms with E-state index in [0.29, 0.717) is 32.0 Å². The number of piperazine rings is 1. The average Bonchev–Trinajstić information content (AvgIpc) is 2.68. The maximum Gasteiger partial charge on any atom is 0.293 e. The summed E-state index contributed by atoms with van der Waals surface area (Å²) >= 11 is 0. The highest BCUT2D eigenvalue weighted by atomic mass is 32.2. The van der Waals surface area contributed by atoms with Crippen LogP contribution < -0.4 is 4.90 Å². The second kappa shape index (κ2) is 7.87. The molecule has 1 aromatic rings. The summed E-state index contributed by atoms with van der Waals surface area (Å²) in [6.45, 7) is 7.27. The van der Waals surface area contributed by atoms with Crippen LogP contribution in [0.3, 0.4) is 0 Å². The number of benzene rings is 1. The zero-order chi connectivity index (χ0) is 18.7. The van der Waals surface area contributed by atoms with E-state index in [1.54, 1.807) is 6.07 Å². The summed E-state index contributed by atoms with van der Waals surface area (Å²) in [5.74, 6) is 0. The van der Waals surface area contributed by atoms with E-state index < -0.39 is 14.9 Å². The standard InChI is InChI=1S/C16H24N4O5S/c1-2-17-5-7-18(8-6-17)15-4-3-14(13-16(15)20(21)22)26(23,24)19-9-11-25-12-10-19/h3-4,13H,2,5-12H2,1H3. The smallest absolute Gasteiger partial charge is 0.293 e.